The molecule has 1 rings (SSSR count). The first-order valence-corrected chi connectivity index (χ1v) is 7.23. The molecular formula is C8H10AsBrO2. The van der Waals surface area contributed by atoms with Gasteiger partial charge in [-0.1, -0.05) is 0 Å². The van der Waals surface area contributed by atoms with Crippen molar-refractivity contribution in [3.8, 4) is 0 Å². The van der Waals surface area contributed by atoms with E-state index in [0.29, 0.717) is 6.61 Å². The van der Waals surface area contributed by atoms with Crippen LogP contribution in [-0.2, 0) is 7.47 Å². The van der Waals surface area contributed by atoms with Crippen LogP contribution in [0.15, 0.2) is 28.7 Å². The molecule has 0 aliphatic rings. The topological polar surface area (TPSA) is 26.3 Å². The zero-order valence-electron chi connectivity index (χ0n) is 6.71. The third kappa shape index (κ3) is 2.51. The third-order valence-corrected chi connectivity index (χ3v) is 5.82. The monoisotopic (exact) mass is 292 g/mol. The van der Waals surface area contributed by atoms with Gasteiger partial charge in [-0.05, 0) is 0 Å². The van der Waals surface area contributed by atoms with Gasteiger partial charge in [0.05, 0.1) is 0 Å². The normalized spacial score (nSPS) is 12.8. The molecule has 0 radical (unpaired) electrons. The van der Waals surface area contributed by atoms with Crippen LogP contribution < -0.4 is 4.35 Å². The molecule has 1 atom stereocenters. The van der Waals surface area contributed by atoms with Crippen molar-refractivity contribution in [3.05, 3.63) is 28.7 Å². The van der Waals surface area contributed by atoms with Crippen molar-refractivity contribution in [2.24, 2.45) is 0 Å². The predicted molar refractivity (Wildman–Crippen MR) is 53.2 cm³/mol. The molecular weight excluding hydrogens is 283 g/mol. The number of hydrogen-bond acceptors (Lipinski definition) is 2. The van der Waals surface area contributed by atoms with Crippen LogP contribution in [0.4, 0.5) is 0 Å². The van der Waals surface area contributed by atoms with Gasteiger partial charge in [-0.2, -0.15) is 0 Å². The molecule has 1 aromatic carbocycles. The molecule has 0 aliphatic heterocycles. The first kappa shape index (κ1) is 10.1. The van der Waals surface area contributed by atoms with E-state index in [1.54, 1.807) is 0 Å². The molecule has 0 heterocycles. The van der Waals surface area contributed by atoms with E-state index >= 15 is 0 Å². The van der Waals surface area contributed by atoms with Crippen LogP contribution in [0.25, 0.3) is 0 Å². The van der Waals surface area contributed by atoms with Crippen molar-refractivity contribution in [3.63, 3.8) is 0 Å². The van der Waals surface area contributed by atoms with Gasteiger partial charge in [0.1, 0.15) is 0 Å². The van der Waals surface area contributed by atoms with Crippen LogP contribution >= 0.6 is 15.9 Å². The van der Waals surface area contributed by atoms with Gasteiger partial charge in [-0.15, -0.1) is 0 Å². The van der Waals surface area contributed by atoms with E-state index < -0.39 is 14.9 Å². The summed E-state index contributed by atoms with van der Waals surface area (Å²) in [5, 5.41) is 0. The summed E-state index contributed by atoms with van der Waals surface area (Å²) in [6.45, 7) is 2.36. The van der Waals surface area contributed by atoms with Crippen molar-refractivity contribution in [1.29, 1.82) is 0 Å². The predicted octanol–water partition coefficient (Wildman–Crippen LogP) is 1.34. The summed E-state index contributed by atoms with van der Waals surface area (Å²) >= 11 is 0.668. The van der Waals surface area contributed by atoms with Crippen LogP contribution in [0.5, 0.6) is 0 Å². The average Bonchev–Trinajstić information content (AvgIpc) is 2.05. The summed E-state index contributed by atoms with van der Waals surface area (Å²) in [4.78, 5) is 0. The fourth-order valence-electron chi connectivity index (χ4n) is 0.836. The molecule has 0 fully saturated rings. The second kappa shape index (κ2) is 4.90. The van der Waals surface area contributed by atoms with Gasteiger partial charge >= 0.3 is 84.9 Å². The van der Waals surface area contributed by atoms with E-state index in [9.17, 15) is 3.74 Å². The minimum atomic E-state index is -2.66. The molecule has 0 spiro atoms. The molecule has 12 heavy (non-hydrogen) atoms. The Morgan fingerprint density at radius 2 is 2.17 bits per heavy atom. The molecule has 1 aromatic rings. The first-order valence-electron chi connectivity index (χ1n) is 3.67. The van der Waals surface area contributed by atoms with Crippen LogP contribution in [0.1, 0.15) is 6.92 Å². The zero-order chi connectivity index (χ0) is 8.97. The fourth-order valence-corrected chi connectivity index (χ4v) is 3.91. The molecule has 2 nitrogen and oxygen atoms in total. The number of halogens is 1. The summed E-state index contributed by atoms with van der Waals surface area (Å²) < 4.78 is 18.3. The summed E-state index contributed by atoms with van der Waals surface area (Å²) in [5.74, 6) is 0. The van der Waals surface area contributed by atoms with E-state index in [4.69, 9.17) is 3.73 Å². The van der Waals surface area contributed by atoms with E-state index in [0.717, 1.165) is 8.82 Å². The van der Waals surface area contributed by atoms with E-state index in [2.05, 4.69) is 15.9 Å². The Morgan fingerprint density at radius 3 is 2.75 bits per heavy atom. The Bertz CT molecular complexity index is 288. The third-order valence-electron chi connectivity index (χ3n) is 1.37. The molecule has 0 N–H and O–H groups in total. The van der Waals surface area contributed by atoms with Gasteiger partial charge in [-0.3, -0.25) is 0 Å². The van der Waals surface area contributed by atoms with Crippen molar-refractivity contribution < 1.29 is 7.47 Å². The summed E-state index contributed by atoms with van der Waals surface area (Å²) in [6, 6.07) is 7.47. The molecule has 1 unspecified atom stereocenters. The van der Waals surface area contributed by atoms with Gasteiger partial charge < -0.3 is 0 Å². The maximum absolute atomic E-state index is 11.5. The molecule has 0 bridgehead atoms. The maximum atomic E-state index is 11.5. The summed E-state index contributed by atoms with van der Waals surface area (Å²) in [5.41, 5.74) is 0. The second-order valence-electron chi connectivity index (χ2n) is 2.20. The van der Waals surface area contributed by atoms with Gasteiger partial charge in [-0.25, -0.2) is 0 Å². The number of hydrogen-bond donors (Lipinski definition) is 0. The molecule has 0 saturated heterocycles. The van der Waals surface area contributed by atoms with Gasteiger partial charge in [0.15, 0.2) is 0 Å². The van der Waals surface area contributed by atoms with Crippen LogP contribution in [0, 0.1) is 0 Å². The molecule has 4 heteroatoms. The molecule has 0 aromatic heterocycles. The molecule has 0 aliphatic carbocycles. The van der Waals surface area contributed by atoms with Crippen LogP contribution in [0.2, 0.25) is 0 Å². The fraction of sp³-hybridized carbons (Fsp3) is 0.250. The van der Waals surface area contributed by atoms with E-state index in [1.165, 1.54) is 0 Å². The second-order valence-corrected chi connectivity index (χ2v) is 6.00. The van der Waals surface area contributed by atoms with Crippen molar-refractivity contribution in [2.45, 2.75) is 6.92 Å². The van der Waals surface area contributed by atoms with Crippen molar-refractivity contribution in [1.82, 2.24) is 0 Å². The Labute approximate surface area is 84.9 Å². The van der Waals surface area contributed by atoms with Crippen molar-refractivity contribution in [2.75, 3.05) is 6.61 Å². The Kier molecular flexibility index (Phi) is 4.13. The standard InChI is InChI=1S/C8H10AsBrO2/c1-2-12-9(11)7-5-3-4-6-8(7)10/h3-6,9H,2H2,1H3. The molecule has 0 amide bonds. The van der Waals surface area contributed by atoms with Gasteiger partial charge in [0.2, 0.25) is 0 Å². The summed E-state index contributed by atoms with van der Waals surface area (Å²) in [7, 11) is 0. The van der Waals surface area contributed by atoms with Gasteiger partial charge in [0.25, 0.3) is 0 Å². The van der Waals surface area contributed by atoms with E-state index in [-0.39, 0.29) is 0 Å². The average molecular weight is 293 g/mol. The SMILES string of the molecule is CCO[AsH](=O)c1ccccc1Br. The van der Waals surface area contributed by atoms with Crippen molar-refractivity contribution >= 4 is 35.2 Å². The van der Waals surface area contributed by atoms with E-state index in [1.807, 2.05) is 31.2 Å². The van der Waals surface area contributed by atoms with Crippen LogP contribution in [0.3, 0.4) is 0 Å². The van der Waals surface area contributed by atoms with Gasteiger partial charge in [0, 0.05) is 0 Å². The minimum absolute atomic E-state index is 0.514. The number of benzene rings is 1. The van der Waals surface area contributed by atoms with Crippen LogP contribution in [-0.4, -0.2) is 21.5 Å². The Morgan fingerprint density at radius 1 is 1.50 bits per heavy atom. The zero-order valence-corrected chi connectivity index (χ0v) is 10.4. The number of rotatable bonds is 3. The first-order chi connectivity index (χ1) is 5.75. The Balaban J connectivity index is 2.87. The Hall–Kier alpha value is 0.0184. The quantitative estimate of drug-likeness (QED) is 0.786. The summed E-state index contributed by atoms with van der Waals surface area (Å²) in [6.07, 6.45) is 0. The molecule has 0 saturated carbocycles. The molecule has 66 valence electrons.